The highest BCUT2D eigenvalue weighted by molar-refractivity contribution is 9.11. The number of rotatable bonds is 4. The van der Waals surface area contributed by atoms with Crippen LogP contribution in [0.3, 0.4) is 0 Å². The lowest BCUT2D eigenvalue weighted by Gasteiger charge is -2.28. The van der Waals surface area contributed by atoms with Crippen molar-refractivity contribution in [3.63, 3.8) is 0 Å². The van der Waals surface area contributed by atoms with Crippen molar-refractivity contribution in [2.45, 2.75) is 49.9 Å². The van der Waals surface area contributed by atoms with Crippen LogP contribution in [0.2, 0.25) is 0 Å². The second-order valence-electron chi connectivity index (χ2n) is 4.44. The maximum atomic E-state index is 9.90. The monoisotopic (exact) mass is 346 g/mol. The van der Waals surface area contributed by atoms with Gasteiger partial charge in [0.2, 0.25) is 0 Å². The number of allylic oxidation sites excluding steroid dienone is 2. The van der Waals surface area contributed by atoms with Crippen LogP contribution in [0.25, 0.3) is 0 Å². The van der Waals surface area contributed by atoms with Crippen LogP contribution in [0.15, 0.2) is 41.1 Å². The first-order chi connectivity index (χ1) is 9.17. The summed E-state index contributed by atoms with van der Waals surface area (Å²) in [5.41, 5.74) is 2.81. The molecule has 0 spiro atoms. The molecular weight excluding hydrogens is 328 g/mol. The summed E-state index contributed by atoms with van der Waals surface area (Å²) in [6.07, 6.45) is 11.1. The largest absolute Gasteiger partial charge is 0.388 e. The molecular formula is C15H20BrClO2. The van der Waals surface area contributed by atoms with Crippen molar-refractivity contribution < 1.29 is 9.84 Å². The predicted molar refractivity (Wildman–Crippen MR) is 83.7 cm³/mol. The van der Waals surface area contributed by atoms with Gasteiger partial charge in [0, 0.05) is 11.4 Å². The molecule has 1 rings (SSSR count). The Morgan fingerprint density at radius 2 is 2.26 bits per heavy atom. The maximum Gasteiger partial charge on any atom is 0.0819 e. The molecule has 0 aromatic carbocycles. The minimum Gasteiger partial charge on any atom is -0.388 e. The molecule has 0 saturated heterocycles. The smallest absolute Gasteiger partial charge is 0.0819 e. The minimum absolute atomic E-state index is 0.0238. The zero-order valence-corrected chi connectivity index (χ0v) is 13.3. The van der Waals surface area contributed by atoms with Gasteiger partial charge in [-0.1, -0.05) is 40.2 Å². The van der Waals surface area contributed by atoms with Crippen LogP contribution in [0, 0.1) is 0 Å². The SMILES string of the molecule is C/C=C/[C@H]1C/C=C\C[C@@H](Cl)[C@@H](CC(O)C=C=CBr)O1. The normalized spacial score (nSPS) is 31.1. The number of aliphatic hydroxyl groups excluding tert-OH is 1. The van der Waals surface area contributed by atoms with E-state index in [0.29, 0.717) is 6.42 Å². The van der Waals surface area contributed by atoms with E-state index in [4.69, 9.17) is 16.3 Å². The average molecular weight is 348 g/mol. The Morgan fingerprint density at radius 3 is 2.95 bits per heavy atom. The van der Waals surface area contributed by atoms with Crippen LogP contribution < -0.4 is 0 Å². The van der Waals surface area contributed by atoms with Crippen molar-refractivity contribution >= 4 is 27.5 Å². The Labute approximate surface area is 128 Å². The van der Waals surface area contributed by atoms with Crippen LogP contribution in [0.4, 0.5) is 0 Å². The average Bonchev–Trinajstić information content (AvgIpc) is 2.38. The summed E-state index contributed by atoms with van der Waals surface area (Å²) >= 11 is 9.45. The molecule has 0 radical (unpaired) electrons. The van der Waals surface area contributed by atoms with Gasteiger partial charge in [-0.3, -0.25) is 0 Å². The van der Waals surface area contributed by atoms with Crippen LogP contribution >= 0.6 is 27.5 Å². The van der Waals surface area contributed by atoms with Gasteiger partial charge in [-0.15, -0.1) is 17.3 Å². The highest BCUT2D eigenvalue weighted by Gasteiger charge is 2.25. The van der Waals surface area contributed by atoms with Gasteiger partial charge in [-0.2, -0.15) is 0 Å². The molecule has 0 aromatic rings. The van der Waals surface area contributed by atoms with Crippen LogP contribution in [-0.4, -0.2) is 28.8 Å². The molecule has 1 N–H and O–H groups in total. The van der Waals surface area contributed by atoms with Gasteiger partial charge in [0.25, 0.3) is 0 Å². The standard InChI is InChI=1S/C15H20BrClO2/c1-2-6-13-8-3-4-9-14(17)15(19-13)11-12(18)7-5-10-16/h2-4,6-7,10,12-15,18H,8-9,11H2,1H3/b4-3-,6-2+/t5?,12?,13-,14+,15+/m0/s1. The van der Waals surface area contributed by atoms with Crippen LogP contribution in [0.5, 0.6) is 0 Å². The molecule has 0 fully saturated rings. The molecule has 4 atom stereocenters. The third-order valence-electron chi connectivity index (χ3n) is 2.88. The van der Waals surface area contributed by atoms with E-state index in [1.807, 2.05) is 19.1 Å². The van der Waals surface area contributed by atoms with E-state index < -0.39 is 6.10 Å². The summed E-state index contributed by atoms with van der Waals surface area (Å²) in [5.74, 6) is 0. The topological polar surface area (TPSA) is 29.5 Å². The summed E-state index contributed by atoms with van der Waals surface area (Å²) in [4.78, 5) is 1.58. The number of halogens is 2. The molecule has 0 amide bonds. The molecule has 1 heterocycles. The van der Waals surface area contributed by atoms with Crippen LogP contribution in [-0.2, 0) is 4.74 Å². The fourth-order valence-corrected chi connectivity index (χ4v) is 2.39. The van der Waals surface area contributed by atoms with Crippen molar-refractivity contribution in [1.29, 1.82) is 0 Å². The van der Waals surface area contributed by atoms with Crippen molar-refractivity contribution in [2.24, 2.45) is 0 Å². The second-order valence-corrected chi connectivity index (χ2v) is 5.46. The highest BCUT2D eigenvalue weighted by atomic mass is 79.9. The summed E-state index contributed by atoms with van der Waals surface area (Å²) < 4.78 is 6.00. The van der Waals surface area contributed by atoms with Gasteiger partial charge >= 0.3 is 0 Å². The van der Waals surface area contributed by atoms with Gasteiger partial charge in [0.05, 0.1) is 23.7 Å². The van der Waals surface area contributed by atoms with Crippen molar-refractivity contribution in [3.8, 4) is 0 Å². The quantitative estimate of drug-likeness (QED) is 0.471. The molecule has 0 saturated carbocycles. The van der Waals surface area contributed by atoms with Gasteiger partial charge in [-0.25, -0.2) is 0 Å². The van der Waals surface area contributed by atoms with Gasteiger partial charge in [0.15, 0.2) is 0 Å². The van der Waals surface area contributed by atoms with Gasteiger partial charge in [-0.05, 0) is 25.8 Å². The molecule has 1 unspecified atom stereocenters. The number of hydrogen-bond donors (Lipinski definition) is 1. The summed E-state index contributed by atoms with van der Waals surface area (Å²) in [6.45, 7) is 1.97. The minimum atomic E-state index is -0.602. The number of aliphatic hydroxyl groups is 1. The van der Waals surface area contributed by atoms with Crippen molar-refractivity contribution in [2.75, 3.05) is 0 Å². The van der Waals surface area contributed by atoms with Crippen LogP contribution in [0.1, 0.15) is 26.2 Å². The van der Waals surface area contributed by atoms with Gasteiger partial charge in [0.1, 0.15) is 0 Å². The third-order valence-corrected chi connectivity index (χ3v) is 3.61. The Morgan fingerprint density at radius 1 is 1.53 bits per heavy atom. The molecule has 1 aliphatic heterocycles. The van der Waals surface area contributed by atoms with E-state index in [1.165, 1.54) is 0 Å². The number of alkyl halides is 1. The zero-order valence-electron chi connectivity index (χ0n) is 11.0. The Hall–Kier alpha value is -0.310. The maximum absolute atomic E-state index is 9.90. The summed E-state index contributed by atoms with van der Waals surface area (Å²) in [7, 11) is 0. The van der Waals surface area contributed by atoms with E-state index >= 15 is 0 Å². The summed E-state index contributed by atoms with van der Waals surface area (Å²) in [5, 5.41) is 9.77. The van der Waals surface area contributed by atoms with E-state index in [2.05, 4.69) is 33.8 Å². The Kier molecular flexibility index (Phi) is 8.43. The predicted octanol–water partition coefficient (Wildman–Crippen LogP) is 4.09. The molecule has 1 aliphatic rings. The lowest BCUT2D eigenvalue weighted by atomic mass is 10.0. The first-order valence-electron chi connectivity index (χ1n) is 6.44. The van der Waals surface area contributed by atoms with Gasteiger partial charge < -0.3 is 9.84 Å². The molecule has 0 bridgehead atoms. The molecule has 0 aliphatic carbocycles. The third kappa shape index (κ3) is 6.60. The molecule has 4 heteroatoms. The fourth-order valence-electron chi connectivity index (χ4n) is 1.97. The summed E-state index contributed by atoms with van der Waals surface area (Å²) in [6, 6.07) is 0. The van der Waals surface area contributed by atoms with Crippen molar-refractivity contribution in [3.05, 3.63) is 41.1 Å². The zero-order chi connectivity index (χ0) is 14.1. The first kappa shape index (κ1) is 16.7. The molecule has 0 aromatic heterocycles. The lowest BCUT2D eigenvalue weighted by molar-refractivity contribution is -0.0108. The Balaban J connectivity index is 2.70. The van der Waals surface area contributed by atoms with E-state index in [0.717, 1.165) is 12.8 Å². The van der Waals surface area contributed by atoms with E-state index in [1.54, 1.807) is 11.1 Å². The van der Waals surface area contributed by atoms with E-state index in [9.17, 15) is 5.11 Å². The lowest BCUT2D eigenvalue weighted by Crippen LogP contribution is -2.33. The first-order valence-corrected chi connectivity index (χ1v) is 7.79. The number of hydrogen-bond acceptors (Lipinski definition) is 2. The fraction of sp³-hybridized carbons (Fsp3) is 0.533. The molecule has 19 heavy (non-hydrogen) atoms. The highest BCUT2D eigenvalue weighted by Crippen LogP contribution is 2.23. The second kappa shape index (κ2) is 9.57. The Bertz CT molecular complexity index is 372. The molecule has 106 valence electrons. The molecule has 2 nitrogen and oxygen atoms in total. The van der Waals surface area contributed by atoms with Crippen molar-refractivity contribution in [1.82, 2.24) is 0 Å². The van der Waals surface area contributed by atoms with E-state index in [-0.39, 0.29) is 17.6 Å². The number of ether oxygens (including phenoxy) is 1.